The average Bonchev–Trinajstić information content (AvgIpc) is 3.47. The Hall–Kier alpha value is -6.20. The number of amides is 2. The zero-order valence-corrected chi connectivity index (χ0v) is 48.4. The molecule has 2 saturated carbocycles. The molecule has 0 unspecified atom stereocenters. The molecule has 2 aliphatic rings. The second-order valence-corrected chi connectivity index (χ2v) is 22.7. The van der Waals surface area contributed by atoms with E-state index in [9.17, 15) is 19.2 Å². The van der Waals surface area contributed by atoms with E-state index in [1.54, 1.807) is 66.7 Å². The quantitative estimate of drug-likeness (QED) is 0.0427. The third kappa shape index (κ3) is 14.5. The molecule has 2 heterocycles. The molecule has 2 aromatic heterocycles. The Balaban J connectivity index is 1.08. The molecule has 6 aromatic rings. The zero-order chi connectivity index (χ0) is 57.4. The van der Waals surface area contributed by atoms with Crippen molar-refractivity contribution in [2.24, 2.45) is 0 Å². The highest BCUT2D eigenvalue weighted by atomic mass is 35.5. The van der Waals surface area contributed by atoms with E-state index in [0.717, 1.165) is 43.5 Å². The number of carbonyl (C=O) groups excluding carboxylic acids is 4. The number of nitrogens with one attached hydrogen (secondary N) is 2. The molecular weight excluding hydrogens is 1110 g/mol. The molecule has 2 N–H and O–H groups in total. The van der Waals surface area contributed by atoms with Gasteiger partial charge < -0.3 is 34.6 Å². The molecule has 0 radical (unpaired) electrons. The van der Waals surface area contributed by atoms with E-state index in [1.807, 2.05) is 69.2 Å². The van der Waals surface area contributed by atoms with Crippen molar-refractivity contribution >= 4 is 70.2 Å². The first-order valence-electron chi connectivity index (χ1n) is 26.6. The predicted octanol–water partition coefficient (Wildman–Crippen LogP) is 13.6. The van der Waals surface area contributed by atoms with Crippen molar-refractivity contribution in [3.05, 3.63) is 140 Å². The SMILES string of the molecule is Cc1ccccc1-c1ccc(C(=O)NC2(C(=O)OC(=O)C3(NC(=O)c4ccc(-c5ccc(Cl)cc5Cl)c(-c5ccc(Cl)c(OCCCN(C)C)c5)n4)CCCCC3)CCC(F)(F)CC2)nc1-c1ccc(Cl)c(OCCCN(C)C)c1. The molecule has 0 spiro atoms. The summed E-state index contributed by atoms with van der Waals surface area (Å²) < 4.78 is 48.0. The van der Waals surface area contributed by atoms with Gasteiger partial charge >= 0.3 is 11.9 Å². The molecule has 8 rings (SSSR count). The number of esters is 2. The van der Waals surface area contributed by atoms with Crippen LogP contribution in [0.15, 0.2) is 103 Å². The summed E-state index contributed by atoms with van der Waals surface area (Å²) in [7, 11) is 7.88. The van der Waals surface area contributed by atoms with E-state index in [0.29, 0.717) is 96.9 Å². The summed E-state index contributed by atoms with van der Waals surface area (Å²) in [6, 6.07) is 29.4. The van der Waals surface area contributed by atoms with Crippen molar-refractivity contribution < 1.29 is 42.2 Å². The first-order chi connectivity index (χ1) is 38.2. The maximum absolute atomic E-state index is 15.0. The predicted molar refractivity (Wildman–Crippen MR) is 310 cm³/mol. The first-order valence-corrected chi connectivity index (χ1v) is 28.2. The third-order valence-corrected chi connectivity index (χ3v) is 15.7. The number of pyridine rings is 2. The van der Waals surface area contributed by atoms with Crippen molar-refractivity contribution in [2.75, 3.05) is 54.5 Å². The van der Waals surface area contributed by atoms with Gasteiger partial charge in [-0.25, -0.2) is 28.3 Å². The molecule has 19 heteroatoms. The van der Waals surface area contributed by atoms with Gasteiger partial charge in [-0.1, -0.05) is 108 Å². The van der Waals surface area contributed by atoms with Gasteiger partial charge in [-0.15, -0.1) is 0 Å². The van der Waals surface area contributed by atoms with Gasteiger partial charge in [0.25, 0.3) is 11.8 Å². The topological polar surface area (TPSA) is 152 Å². The van der Waals surface area contributed by atoms with E-state index in [-0.39, 0.29) is 24.2 Å². The van der Waals surface area contributed by atoms with E-state index >= 15 is 8.78 Å². The second kappa shape index (κ2) is 26.1. The van der Waals surface area contributed by atoms with E-state index < -0.39 is 66.4 Å². The lowest BCUT2D eigenvalue weighted by Crippen LogP contribution is -2.61. The summed E-state index contributed by atoms with van der Waals surface area (Å²) in [5.41, 5.74) is 1.39. The summed E-state index contributed by atoms with van der Waals surface area (Å²) in [4.78, 5) is 72.4. The van der Waals surface area contributed by atoms with Crippen LogP contribution in [0.5, 0.6) is 11.5 Å². The van der Waals surface area contributed by atoms with Crippen molar-refractivity contribution in [3.63, 3.8) is 0 Å². The van der Waals surface area contributed by atoms with Gasteiger partial charge in [0.15, 0.2) is 0 Å². The molecule has 4 aromatic carbocycles. The number of rotatable bonds is 20. The lowest BCUT2D eigenvalue weighted by molar-refractivity contribution is -0.172. The summed E-state index contributed by atoms with van der Waals surface area (Å²) in [6.45, 7) is 4.32. The van der Waals surface area contributed by atoms with E-state index in [1.165, 1.54) is 12.1 Å². The first kappa shape index (κ1) is 59.9. The van der Waals surface area contributed by atoms with Crippen LogP contribution in [0.3, 0.4) is 0 Å². The van der Waals surface area contributed by atoms with Gasteiger partial charge in [-0.05, 0) is 145 Å². The number of hydrogen-bond acceptors (Lipinski definition) is 11. The number of aromatic nitrogens is 2. The second-order valence-electron chi connectivity index (χ2n) is 21.1. The monoisotopic (exact) mass is 1170 g/mol. The van der Waals surface area contributed by atoms with Crippen LogP contribution in [0.2, 0.25) is 20.1 Å². The Morgan fingerprint density at radius 3 is 1.51 bits per heavy atom. The fourth-order valence-electron chi connectivity index (χ4n) is 10.1. The number of alkyl halides is 2. The highest BCUT2D eigenvalue weighted by molar-refractivity contribution is 6.36. The fourth-order valence-corrected chi connectivity index (χ4v) is 10.9. The van der Waals surface area contributed by atoms with Gasteiger partial charge in [0.2, 0.25) is 5.92 Å². The number of benzene rings is 4. The normalized spacial score (nSPS) is 15.5. The minimum absolute atomic E-state index is 0.0813. The summed E-state index contributed by atoms with van der Waals surface area (Å²) in [6.07, 6.45) is 0.669. The third-order valence-electron chi connectivity index (χ3n) is 14.6. The minimum Gasteiger partial charge on any atom is -0.492 e. The van der Waals surface area contributed by atoms with Gasteiger partial charge in [0.05, 0.1) is 34.6 Å². The summed E-state index contributed by atoms with van der Waals surface area (Å²) in [5, 5.41) is 7.09. The average molecular weight is 1170 g/mol. The lowest BCUT2D eigenvalue weighted by atomic mass is 9.79. The molecule has 0 aliphatic heterocycles. The molecule has 2 amide bonds. The number of hydrogen-bond donors (Lipinski definition) is 2. The Kier molecular flexibility index (Phi) is 19.6. The minimum atomic E-state index is -3.16. The van der Waals surface area contributed by atoms with Crippen LogP contribution in [0.25, 0.3) is 44.8 Å². The number of nitrogens with zero attached hydrogens (tertiary/aromatic N) is 4. The molecule has 2 aliphatic carbocycles. The highest BCUT2D eigenvalue weighted by Crippen LogP contribution is 2.43. The number of aryl methyl sites for hydroxylation is 1. The Bertz CT molecular complexity index is 3250. The molecular formula is C61H64Cl4F2N6O7. The molecule has 422 valence electrons. The Morgan fingerprint density at radius 1 is 0.550 bits per heavy atom. The van der Waals surface area contributed by atoms with Crippen LogP contribution in [0.1, 0.15) is 97.2 Å². The van der Waals surface area contributed by atoms with Crippen molar-refractivity contribution in [3.8, 4) is 56.3 Å². The van der Waals surface area contributed by atoms with E-state index in [2.05, 4.69) is 10.6 Å². The maximum atomic E-state index is 15.0. The smallest absolute Gasteiger partial charge is 0.339 e. The van der Waals surface area contributed by atoms with Gasteiger partial charge in [-0.2, -0.15) is 0 Å². The Labute approximate surface area is 485 Å². The van der Waals surface area contributed by atoms with E-state index in [4.69, 9.17) is 70.6 Å². The van der Waals surface area contributed by atoms with Crippen LogP contribution < -0.4 is 20.1 Å². The van der Waals surface area contributed by atoms with Crippen LogP contribution >= 0.6 is 46.4 Å². The summed E-state index contributed by atoms with van der Waals surface area (Å²) >= 11 is 26.3. The standard InChI is InChI=1S/C61H64Cl4F2N6O7/c1-38-13-7-8-14-42(38)44-19-23-49(68-53(44)39-15-21-46(63)51(35-39)78-33-11-31-72(2)3)56(75)71-60(27-29-61(66,67)30-28-60)58(77)80-57(76)59(25-9-6-10-26-59)70-55(74)50-24-20-45(43-18-17-41(62)37-48(43)65)54(69-50)40-16-22-47(64)52(36-40)79-34-12-32-73(4)5/h7-8,13-24,35-37H,6,9-12,25-34H2,1-5H3,(H,70,74)(H,71,75). The molecule has 0 atom stereocenters. The highest BCUT2D eigenvalue weighted by Gasteiger charge is 2.53. The molecule has 80 heavy (non-hydrogen) atoms. The van der Waals surface area contributed by atoms with Crippen LogP contribution in [-0.2, 0) is 14.3 Å². The van der Waals surface area contributed by atoms with Crippen molar-refractivity contribution in [1.82, 2.24) is 30.4 Å². The molecule has 0 saturated heterocycles. The Morgan fingerprint density at radius 2 is 1.02 bits per heavy atom. The number of carbonyl (C=O) groups is 4. The van der Waals surface area contributed by atoms with Crippen LogP contribution in [0.4, 0.5) is 8.78 Å². The maximum Gasteiger partial charge on any atom is 0.339 e. The van der Waals surface area contributed by atoms with Crippen molar-refractivity contribution in [2.45, 2.75) is 94.6 Å². The van der Waals surface area contributed by atoms with Gasteiger partial charge in [0.1, 0.15) is 34.0 Å². The largest absolute Gasteiger partial charge is 0.492 e. The van der Waals surface area contributed by atoms with Gasteiger partial charge in [0, 0.05) is 63.8 Å². The lowest BCUT2D eigenvalue weighted by Gasteiger charge is -2.40. The van der Waals surface area contributed by atoms with Crippen LogP contribution in [-0.4, -0.2) is 115 Å². The molecule has 2 fully saturated rings. The van der Waals surface area contributed by atoms with Crippen molar-refractivity contribution in [1.29, 1.82) is 0 Å². The number of ether oxygens (including phenoxy) is 3. The van der Waals surface area contributed by atoms with Gasteiger partial charge in [-0.3, -0.25) is 9.59 Å². The number of halogens is 6. The zero-order valence-electron chi connectivity index (χ0n) is 45.3. The summed E-state index contributed by atoms with van der Waals surface area (Å²) in [5.74, 6) is -6.28. The fraction of sp³-hybridized carbons (Fsp3) is 0.377. The molecule has 0 bridgehead atoms. The van der Waals surface area contributed by atoms with Crippen LogP contribution in [0, 0.1) is 6.92 Å². The molecule has 13 nitrogen and oxygen atoms in total.